The molecular formula is C18H16F4N2O2. The van der Waals surface area contributed by atoms with Crippen LogP contribution in [0, 0.1) is 5.82 Å². The van der Waals surface area contributed by atoms with Gasteiger partial charge in [-0.25, -0.2) is 4.39 Å². The summed E-state index contributed by atoms with van der Waals surface area (Å²) in [6.07, 6.45) is -4.76. The maximum Gasteiger partial charge on any atom is 0.416 e. The minimum atomic E-state index is -4.49. The Hall–Kier alpha value is -2.90. The van der Waals surface area contributed by atoms with Gasteiger partial charge in [0.2, 0.25) is 11.8 Å². The minimum Gasteiger partial charge on any atom is -0.336 e. The van der Waals surface area contributed by atoms with E-state index in [4.69, 9.17) is 0 Å². The van der Waals surface area contributed by atoms with E-state index in [0.29, 0.717) is 0 Å². The number of hydrogen-bond donors (Lipinski definition) is 1. The molecule has 2 aromatic rings. The van der Waals surface area contributed by atoms with Gasteiger partial charge < -0.3 is 10.2 Å². The number of rotatable bonds is 5. The lowest BCUT2D eigenvalue weighted by Crippen LogP contribution is -2.35. The largest absolute Gasteiger partial charge is 0.416 e. The smallest absolute Gasteiger partial charge is 0.336 e. The Kier molecular flexibility index (Phi) is 5.97. The van der Waals surface area contributed by atoms with Crippen molar-refractivity contribution in [2.24, 2.45) is 0 Å². The number of nitrogens with zero attached hydrogens (tertiary/aromatic N) is 1. The van der Waals surface area contributed by atoms with Crippen LogP contribution in [0.15, 0.2) is 48.5 Å². The van der Waals surface area contributed by atoms with Crippen molar-refractivity contribution < 1.29 is 27.2 Å². The molecule has 0 aliphatic rings. The predicted octanol–water partition coefficient (Wildman–Crippen LogP) is 3.48. The molecule has 0 spiro atoms. The summed E-state index contributed by atoms with van der Waals surface area (Å²) in [5.41, 5.74) is -0.398. The summed E-state index contributed by atoms with van der Waals surface area (Å²) in [6.45, 7) is -0.311. The van der Waals surface area contributed by atoms with Gasteiger partial charge in [0.15, 0.2) is 0 Å². The Morgan fingerprint density at radius 3 is 2.42 bits per heavy atom. The Balaban J connectivity index is 1.94. The molecule has 0 bridgehead atoms. The van der Waals surface area contributed by atoms with Gasteiger partial charge in [-0.3, -0.25) is 9.59 Å². The monoisotopic (exact) mass is 368 g/mol. The highest BCUT2D eigenvalue weighted by Crippen LogP contribution is 2.29. The molecule has 1 N–H and O–H groups in total. The van der Waals surface area contributed by atoms with Crippen LogP contribution in [0.4, 0.5) is 23.2 Å². The lowest BCUT2D eigenvalue weighted by Gasteiger charge is -2.17. The van der Waals surface area contributed by atoms with E-state index in [2.05, 4.69) is 5.32 Å². The first-order valence-corrected chi connectivity index (χ1v) is 7.60. The Morgan fingerprint density at radius 1 is 1.08 bits per heavy atom. The molecule has 8 heteroatoms. The van der Waals surface area contributed by atoms with Crippen molar-refractivity contribution in [2.45, 2.75) is 12.6 Å². The van der Waals surface area contributed by atoms with Crippen LogP contribution < -0.4 is 5.32 Å². The minimum absolute atomic E-state index is 0.196. The van der Waals surface area contributed by atoms with Crippen LogP contribution in [0.2, 0.25) is 0 Å². The fraction of sp³-hybridized carbons (Fsp3) is 0.222. The van der Waals surface area contributed by atoms with Gasteiger partial charge in [0.25, 0.3) is 0 Å². The first kappa shape index (κ1) is 19.4. The molecule has 0 saturated heterocycles. The standard InChI is InChI=1S/C18H16F4N2O2/c1-24(11-16(25)23-15-7-3-6-14(19)10-15)17(26)9-12-4-2-5-13(8-12)18(20,21)22/h2-8,10H,9,11H2,1H3,(H,23,25). The van der Waals surface area contributed by atoms with E-state index in [-0.39, 0.29) is 24.2 Å². The lowest BCUT2D eigenvalue weighted by atomic mass is 10.1. The highest BCUT2D eigenvalue weighted by Gasteiger charge is 2.30. The van der Waals surface area contributed by atoms with E-state index in [1.54, 1.807) is 0 Å². The molecule has 0 aliphatic heterocycles. The average Bonchev–Trinajstić information content (AvgIpc) is 2.54. The van der Waals surface area contributed by atoms with Gasteiger partial charge >= 0.3 is 6.18 Å². The van der Waals surface area contributed by atoms with Crippen LogP contribution in [0.5, 0.6) is 0 Å². The second-order valence-electron chi connectivity index (χ2n) is 5.68. The molecule has 0 atom stereocenters. The van der Waals surface area contributed by atoms with Crippen molar-refractivity contribution in [2.75, 3.05) is 18.9 Å². The van der Waals surface area contributed by atoms with Gasteiger partial charge in [0.1, 0.15) is 5.82 Å². The topological polar surface area (TPSA) is 49.4 Å². The molecule has 0 unspecified atom stereocenters. The van der Waals surface area contributed by atoms with Crippen LogP contribution in [-0.2, 0) is 22.2 Å². The third-order valence-corrected chi connectivity index (χ3v) is 3.52. The van der Waals surface area contributed by atoms with E-state index in [1.165, 1.54) is 37.4 Å². The number of carbonyl (C=O) groups excluding carboxylic acids is 2. The van der Waals surface area contributed by atoms with Crippen molar-refractivity contribution in [1.82, 2.24) is 4.90 Å². The summed E-state index contributed by atoms with van der Waals surface area (Å²) in [4.78, 5) is 25.1. The van der Waals surface area contributed by atoms with Crippen molar-refractivity contribution in [3.05, 3.63) is 65.5 Å². The first-order valence-electron chi connectivity index (χ1n) is 7.60. The second kappa shape index (κ2) is 7.99. The van der Waals surface area contributed by atoms with Gasteiger partial charge in [-0.05, 0) is 29.8 Å². The van der Waals surface area contributed by atoms with E-state index in [0.717, 1.165) is 23.1 Å². The Morgan fingerprint density at radius 2 is 1.77 bits per heavy atom. The van der Waals surface area contributed by atoms with Crippen LogP contribution in [0.1, 0.15) is 11.1 Å². The summed E-state index contributed by atoms with van der Waals surface area (Å²) < 4.78 is 51.2. The molecular weight excluding hydrogens is 352 g/mol. The van der Waals surface area contributed by atoms with Crippen LogP contribution in [0.3, 0.4) is 0 Å². The van der Waals surface area contributed by atoms with Crippen molar-refractivity contribution in [3.63, 3.8) is 0 Å². The molecule has 0 heterocycles. The molecule has 0 saturated carbocycles. The molecule has 26 heavy (non-hydrogen) atoms. The fourth-order valence-electron chi connectivity index (χ4n) is 2.24. The maximum atomic E-state index is 13.1. The predicted molar refractivity (Wildman–Crippen MR) is 87.8 cm³/mol. The third kappa shape index (κ3) is 5.58. The highest BCUT2D eigenvalue weighted by molar-refractivity contribution is 5.94. The molecule has 0 radical (unpaired) electrons. The third-order valence-electron chi connectivity index (χ3n) is 3.52. The van der Waals surface area contributed by atoms with Gasteiger partial charge in [-0.1, -0.05) is 24.3 Å². The maximum absolute atomic E-state index is 13.1. The van der Waals surface area contributed by atoms with Gasteiger partial charge in [0, 0.05) is 12.7 Å². The highest BCUT2D eigenvalue weighted by atomic mass is 19.4. The number of anilines is 1. The lowest BCUT2D eigenvalue weighted by molar-refractivity contribution is -0.137. The van der Waals surface area contributed by atoms with Crippen molar-refractivity contribution >= 4 is 17.5 Å². The van der Waals surface area contributed by atoms with Crippen molar-refractivity contribution in [1.29, 1.82) is 0 Å². The number of nitrogens with one attached hydrogen (secondary N) is 1. The Labute approximate surface area is 147 Å². The van der Waals surface area contributed by atoms with E-state index >= 15 is 0 Å². The molecule has 4 nitrogen and oxygen atoms in total. The summed E-state index contributed by atoms with van der Waals surface area (Å²) in [6, 6.07) is 9.72. The number of hydrogen-bond acceptors (Lipinski definition) is 2. The van der Waals surface area contributed by atoms with E-state index < -0.39 is 29.4 Å². The fourth-order valence-corrected chi connectivity index (χ4v) is 2.24. The summed E-state index contributed by atoms with van der Waals surface area (Å²) in [5, 5.41) is 2.44. The molecule has 2 rings (SSSR count). The molecule has 2 aromatic carbocycles. The molecule has 2 amide bonds. The quantitative estimate of drug-likeness (QED) is 0.822. The summed E-state index contributed by atoms with van der Waals surface area (Å²) in [5.74, 6) is -1.58. The van der Waals surface area contributed by atoms with Crippen LogP contribution in [0.25, 0.3) is 0 Å². The van der Waals surface area contributed by atoms with E-state index in [9.17, 15) is 27.2 Å². The van der Waals surface area contributed by atoms with Gasteiger partial charge in [-0.15, -0.1) is 0 Å². The number of amides is 2. The van der Waals surface area contributed by atoms with Gasteiger partial charge in [-0.2, -0.15) is 13.2 Å². The molecule has 0 aromatic heterocycles. The van der Waals surface area contributed by atoms with Crippen LogP contribution in [-0.4, -0.2) is 30.3 Å². The van der Waals surface area contributed by atoms with E-state index in [1.807, 2.05) is 0 Å². The summed E-state index contributed by atoms with van der Waals surface area (Å²) >= 11 is 0. The summed E-state index contributed by atoms with van der Waals surface area (Å²) in [7, 11) is 1.36. The molecule has 0 aliphatic carbocycles. The zero-order valence-electron chi connectivity index (χ0n) is 13.8. The number of halogens is 4. The van der Waals surface area contributed by atoms with Crippen molar-refractivity contribution in [3.8, 4) is 0 Å². The number of benzene rings is 2. The number of carbonyl (C=O) groups is 2. The zero-order chi connectivity index (χ0) is 19.3. The normalized spacial score (nSPS) is 11.1. The number of likely N-dealkylation sites (N-methyl/N-ethyl adjacent to an activating group) is 1. The molecule has 138 valence electrons. The van der Waals surface area contributed by atoms with Gasteiger partial charge in [0.05, 0.1) is 18.5 Å². The Bertz CT molecular complexity index is 806. The zero-order valence-corrected chi connectivity index (χ0v) is 13.8. The SMILES string of the molecule is CN(CC(=O)Nc1cccc(F)c1)C(=O)Cc1cccc(C(F)(F)F)c1. The average molecular weight is 368 g/mol. The first-order chi connectivity index (χ1) is 12.1. The molecule has 0 fully saturated rings. The second-order valence-corrected chi connectivity index (χ2v) is 5.68. The number of alkyl halides is 3. The van der Waals surface area contributed by atoms with Crippen LogP contribution >= 0.6 is 0 Å².